The van der Waals surface area contributed by atoms with Crippen molar-refractivity contribution >= 4 is 17.1 Å². The highest BCUT2D eigenvalue weighted by atomic mass is 19.2. The second kappa shape index (κ2) is 6.97. The molecule has 0 bridgehead atoms. The molecule has 0 aliphatic heterocycles. The first-order chi connectivity index (χ1) is 9.90. The third-order valence-electron chi connectivity index (χ3n) is 2.59. The third kappa shape index (κ3) is 3.65. The number of nitrogens with one attached hydrogen (secondary N) is 1. The summed E-state index contributed by atoms with van der Waals surface area (Å²) in [5.74, 6) is -4.56. The first-order valence-electron chi connectivity index (χ1n) is 6.36. The number of hydrogen-bond acceptors (Lipinski definition) is 2. The van der Waals surface area contributed by atoms with Gasteiger partial charge in [-0.2, -0.15) is 0 Å². The standard InChI is InChI=1S/C13H10F4N2.C2H6/c1-6-2-3-10(7(14)4-6)19-13-11(17)8(15)5-9(16)12(13)18;1-2/h2-5,19H,18H2,1H3;1-2H3. The number of aryl methyl sites for hydroxylation is 1. The van der Waals surface area contributed by atoms with E-state index in [-0.39, 0.29) is 5.69 Å². The van der Waals surface area contributed by atoms with Crippen molar-refractivity contribution in [1.29, 1.82) is 0 Å². The Balaban J connectivity index is 0.00000106. The van der Waals surface area contributed by atoms with E-state index in [4.69, 9.17) is 5.73 Å². The van der Waals surface area contributed by atoms with Crippen LogP contribution >= 0.6 is 0 Å². The summed E-state index contributed by atoms with van der Waals surface area (Å²) in [6, 6.07) is 4.43. The van der Waals surface area contributed by atoms with Gasteiger partial charge in [0.05, 0.1) is 11.4 Å². The van der Waals surface area contributed by atoms with E-state index in [9.17, 15) is 17.6 Å². The van der Waals surface area contributed by atoms with Gasteiger partial charge in [-0.05, 0) is 24.6 Å². The van der Waals surface area contributed by atoms with Crippen LogP contribution < -0.4 is 11.1 Å². The molecule has 6 heteroatoms. The summed E-state index contributed by atoms with van der Waals surface area (Å²) in [6.07, 6.45) is 0. The van der Waals surface area contributed by atoms with Crippen LogP contribution in [0, 0.1) is 30.2 Å². The topological polar surface area (TPSA) is 38.0 Å². The maximum Gasteiger partial charge on any atom is 0.184 e. The van der Waals surface area contributed by atoms with Gasteiger partial charge in [0.1, 0.15) is 11.5 Å². The van der Waals surface area contributed by atoms with E-state index in [2.05, 4.69) is 5.32 Å². The zero-order chi connectivity index (χ0) is 16.2. The van der Waals surface area contributed by atoms with Crippen molar-refractivity contribution in [2.24, 2.45) is 0 Å². The minimum Gasteiger partial charge on any atom is -0.395 e. The van der Waals surface area contributed by atoms with Crippen molar-refractivity contribution in [3.05, 3.63) is 53.1 Å². The average molecular weight is 300 g/mol. The van der Waals surface area contributed by atoms with Crippen LogP contribution in [0.1, 0.15) is 19.4 Å². The summed E-state index contributed by atoms with van der Waals surface area (Å²) >= 11 is 0. The van der Waals surface area contributed by atoms with Crippen LogP contribution in [0.5, 0.6) is 0 Å². The van der Waals surface area contributed by atoms with Gasteiger partial charge in [-0.15, -0.1) is 0 Å². The third-order valence-corrected chi connectivity index (χ3v) is 2.59. The summed E-state index contributed by atoms with van der Waals surface area (Å²) in [5, 5.41) is 2.26. The van der Waals surface area contributed by atoms with Crippen LogP contribution in [0.2, 0.25) is 0 Å². The first kappa shape index (κ1) is 16.8. The number of benzene rings is 2. The van der Waals surface area contributed by atoms with Gasteiger partial charge in [-0.25, -0.2) is 17.6 Å². The molecule has 0 amide bonds. The van der Waals surface area contributed by atoms with Crippen LogP contribution in [-0.2, 0) is 0 Å². The van der Waals surface area contributed by atoms with E-state index >= 15 is 0 Å². The van der Waals surface area contributed by atoms with E-state index in [1.165, 1.54) is 12.1 Å². The second-order valence-electron chi connectivity index (χ2n) is 4.05. The number of hydrogen-bond donors (Lipinski definition) is 2. The van der Waals surface area contributed by atoms with Gasteiger partial charge in [-0.1, -0.05) is 19.9 Å². The number of nitrogen functional groups attached to an aromatic ring is 1. The molecule has 0 spiro atoms. The molecule has 0 saturated carbocycles. The SMILES string of the molecule is CC.Cc1ccc(Nc2c(N)c(F)cc(F)c2F)c(F)c1. The summed E-state index contributed by atoms with van der Waals surface area (Å²) in [7, 11) is 0. The van der Waals surface area contributed by atoms with Crippen molar-refractivity contribution < 1.29 is 17.6 Å². The number of anilines is 3. The van der Waals surface area contributed by atoms with E-state index in [0.717, 1.165) is 0 Å². The zero-order valence-corrected chi connectivity index (χ0v) is 11.9. The molecule has 0 radical (unpaired) electrons. The van der Waals surface area contributed by atoms with Gasteiger partial charge in [0.25, 0.3) is 0 Å². The summed E-state index contributed by atoms with van der Waals surface area (Å²) < 4.78 is 53.4. The molecule has 0 atom stereocenters. The molecule has 21 heavy (non-hydrogen) atoms. The van der Waals surface area contributed by atoms with Gasteiger partial charge in [0.2, 0.25) is 0 Å². The monoisotopic (exact) mass is 300 g/mol. The van der Waals surface area contributed by atoms with Gasteiger partial charge in [-0.3, -0.25) is 0 Å². The number of nitrogens with two attached hydrogens (primary N) is 1. The molecule has 0 aliphatic rings. The molecule has 3 N–H and O–H groups in total. The molecule has 2 rings (SSSR count). The van der Waals surface area contributed by atoms with Crippen molar-refractivity contribution in [3.8, 4) is 0 Å². The van der Waals surface area contributed by atoms with Crippen molar-refractivity contribution in [1.82, 2.24) is 0 Å². The Bertz CT molecular complexity index is 616. The zero-order valence-electron chi connectivity index (χ0n) is 11.9. The molecular weight excluding hydrogens is 284 g/mol. The van der Waals surface area contributed by atoms with Crippen LogP contribution in [-0.4, -0.2) is 0 Å². The average Bonchev–Trinajstić information content (AvgIpc) is 2.46. The quantitative estimate of drug-likeness (QED) is 0.470. The van der Waals surface area contributed by atoms with Crippen molar-refractivity contribution in [2.45, 2.75) is 20.8 Å². The van der Waals surface area contributed by atoms with Gasteiger partial charge in [0.15, 0.2) is 17.5 Å². The van der Waals surface area contributed by atoms with Crippen LogP contribution in [0.25, 0.3) is 0 Å². The molecule has 0 aromatic heterocycles. The molecule has 114 valence electrons. The molecule has 0 saturated heterocycles. The maximum absolute atomic E-state index is 13.6. The Morgan fingerprint density at radius 3 is 2.10 bits per heavy atom. The lowest BCUT2D eigenvalue weighted by molar-refractivity contribution is 0.499. The van der Waals surface area contributed by atoms with Crippen molar-refractivity contribution in [3.63, 3.8) is 0 Å². The highest BCUT2D eigenvalue weighted by molar-refractivity contribution is 5.74. The Morgan fingerprint density at radius 1 is 0.905 bits per heavy atom. The van der Waals surface area contributed by atoms with E-state index in [1.54, 1.807) is 13.0 Å². The lowest BCUT2D eigenvalue weighted by atomic mass is 10.2. The summed E-state index contributed by atoms with van der Waals surface area (Å²) in [5.41, 5.74) is 4.61. The normalized spacial score (nSPS) is 9.86. The Hall–Kier alpha value is -2.24. The smallest absolute Gasteiger partial charge is 0.184 e. The molecule has 0 fully saturated rings. The van der Waals surface area contributed by atoms with E-state index in [1.807, 2.05) is 13.8 Å². The molecular formula is C15H16F4N2. The van der Waals surface area contributed by atoms with E-state index in [0.29, 0.717) is 11.6 Å². The van der Waals surface area contributed by atoms with Crippen molar-refractivity contribution in [2.75, 3.05) is 11.1 Å². The number of halogens is 4. The second-order valence-corrected chi connectivity index (χ2v) is 4.05. The lowest BCUT2D eigenvalue weighted by Crippen LogP contribution is -2.05. The predicted molar refractivity (Wildman–Crippen MR) is 76.5 cm³/mol. The maximum atomic E-state index is 13.6. The largest absolute Gasteiger partial charge is 0.395 e. The highest BCUT2D eigenvalue weighted by Gasteiger charge is 2.18. The number of rotatable bonds is 2. The van der Waals surface area contributed by atoms with Crippen LogP contribution in [0.4, 0.5) is 34.6 Å². The molecule has 0 heterocycles. The van der Waals surface area contributed by atoms with Gasteiger partial charge in [0, 0.05) is 6.07 Å². The Morgan fingerprint density at radius 2 is 1.52 bits per heavy atom. The van der Waals surface area contributed by atoms with Gasteiger partial charge < -0.3 is 11.1 Å². The molecule has 0 unspecified atom stereocenters. The highest BCUT2D eigenvalue weighted by Crippen LogP contribution is 2.31. The minimum absolute atomic E-state index is 0.124. The molecule has 2 aromatic carbocycles. The lowest BCUT2D eigenvalue weighted by Gasteiger charge is -2.12. The fourth-order valence-electron chi connectivity index (χ4n) is 1.59. The fraction of sp³-hybridized carbons (Fsp3) is 0.200. The minimum atomic E-state index is -1.40. The Labute approximate surface area is 120 Å². The first-order valence-corrected chi connectivity index (χ1v) is 6.36. The molecule has 0 aliphatic carbocycles. The van der Waals surface area contributed by atoms with Gasteiger partial charge >= 0.3 is 0 Å². The van der Waals surface area contributed by atoms with E-state index < -0.39 is 34.6 Å². The summed E-state index contributed by atoms with van der Waals surface area (Å²) in [4.78, 5) is 0. The molecule has 2 nitrogen and oxygen atoms in total. The fourth-order valence-corrected chi connectivity index (χ4v) is 1.59. The van der Waals surface area contributed by atoms with Crippen LogP contribution in [0.15, 0.2) is 24.3 Å². The molecule has 2 aromatic rings. The predicted octanol–water partition coefficient (Wildman–Crippen LogP) is 4.90. The summed E-state index contributed by atoms with van der Waals surface area (Å²) in [6.45, 7) is 5.67. The Kier molecular flexibility index (Phi) is 5.58. The van der Waals surface area contributed by atoms with Crippen LogP contribution in [0.3, 0.4) is 0 Å².